The van der Waals surface area contributed by atoms with Gasteiger partial charge in [0.2, 0.25) is 5.91 Å². The van der Waals surface area contributed by atoms with E-state index in [9.17, 15) is 4.79 Å². The third kappa shape index (κ3) is 4.45. The van der Waals surface area contributed by atoms with E-state index in [0.29, 0.717) is 5.11 Å². The summed E-state index contributed by atoms with van der Waals surface area (Å²) in [6.45, 7) is 3.82. The number of aromatic nitrogens is 2. The summed E-state index contributed by atoms with van der Waals surface area (Å²) in [6.07, 6.45) is 0. The Bertz CT molecular complexity index is 740. The maximum atomic E-state index is 12.1. The van der Waals surface area contributed by atoms with Gasteiger partial charge in [-0.15, -0.1) is 0 Å². The van der Waals surface area contributed by atoms with E-state index in [1.807, 2.05) is 45.2 Å². The molecule has 0 fully saturated rings. The SMILES string of the molecule is COc1ccc(NC(=S)NCC(=O)Nc2c(C)nn(C)c2C)cc1. The molecule has 0 atom stereocenters. The lowest BCUT2D eigenvalue weighted by atomic mass is 10.3. The highest BCUT2D eigenvalue weighted by atomic mass is 32.1. The van der Waals surface area contributed by atoms with Gasteiger partial charge in [-0.2, -0.15) is 5.10 Å². The van der Waals surface area contributed by atoms with Gasteiger partial charge in [0, 0.05) is 12.7 Å². The van der Waals surface area contributed by atoms with Crippen molar-refractivity contribution < 1.29 is 9.53 Å². The van der Waals surface area contributed by atoms with Crippen LogP contribution in [0.2, 0.25) is 0 Å². The molecule has 0 bridgehead atoms. The lowest BCUT2D eigenvalue weighted by molar-refractivity contribution is -0.115. The van der Waals surface area contributed by atoms with E-state index in [4.69, 9.17) is 17.0 Å². The standard InChI is InChI=1S/C16H21N5O2S/c1-10-15(11(2)21(3)20-10)19-14(22)9-17-16(24)18-12-5-7-13(23-4)8-6-12/h5-8H,9H2,1-4H3,(H,19,22)(H2,17,18,24). The van der Waals surface area contributed by atoms with Gasteiger partial charge in [-0.1, -0.05) is 0 Å². The molecule has 1 aromatic carbocycles. The number of aryl methyl sites for hydroxylation is 2. The van der Waals surface area contributed by atoms with Crippen LogP contribution in [0.25, 0.3) is 0 Å². The number of carbonyl (C=O) groups excluding carboxylic acids is 1. The third-order valence-electron chi connectivity index (χ3n) is 3.53. The summed E-state index contributed by atoms with van der Waals surface area (Å²) in [5.41, 5.74) is 3.23. The van der Waals surface area contributed by atoms with Gasteiger partial charge in [0.25, 0.3) is 0 Å². The zero-order valence-electron chi connectivity index (χ0n) is 14.1. The molecule has 0 aliphatic heterocycles. The smallest absolute Gasteiger partial charge is 0.243 e. The lowest BCUT2D eigenvalue weighted by Gasteiger charge is -2.11. The van der Waals surface area contributed by atoms with E-state index in [1.165, 1.54) is 0 Å². The molecule has 7 nitrogen and oxygen atoms in total. The number of methoxy groups -OCH3 is 1. The second kappa shape index (κ2) is 7.78. The molecule has 0 saturated heterocycles. The number of thiocarbonyl (C=S) groups is 1. The number of nitrogens with one attached hydrogen (secondary N) is 3. The van der Waals surface area contributed by atoms with Gasteiger partial charge in [-0.3, -0.25) is 9.48 Å². The van der Waals surface area contributed by atoms with Crippen molar-refractivity contribution in [3.05, 3.63) is 35.7 Å². The van der Waals surface area contributed by atoms with E-state index in [-0.39, 0.29) is 12.5 Å². The summed E-state index contributed by atoms with van der Waals surface area (Å²) in [5.74, 6) is 0.578. The minimum atomic E-state index is -0.187. The van der Waals surface area contributed by atoms with Crippen LogP contribution in [0.4, 0.5) is 11.4 Å². The Morgan fingerprint density at radius 3 is 2.46 bits per heavy atom. The number of carbonyl (C=O) groups is 1. The molecular weight excluding hydrogens is 326 g/mol. The fraction of sp³-hybridized carbons (Fsp3) is 0.312. The Morgan fingerprint density at radius 1 is 1.25 bits per heavy atom. The quantitative estimate of drug-likeness (QED) is 0.718. The van der Waals surface area contributed by atoms with Crippen molar-refractivity contribution in [3.8, 4) is 5.75 Å². The molecule has 128 valence electrons. The van der Waals surface area contributed by atoms with Gasteiger partial charge in [-0.25, -0.2) is 0 Å². The predicted octanol–water partition coefficient (Wildman–Crippen LogP) is 1.97. The summed E-state index contributed by atoms with van der Waals surface area (Å²) < 4.78 is 6.83. The summed E-state index contributed by atoms with van der Waals surface area (Å²) >= 11 is 5.19. The molecule has 0 saturated carbocycles. The maximum Gasteiger partial charge on any atom is 0.243 e. The van der Waals surface area contributed by atoms with Crippen LogP contribution in [0, 0.1) is 13.8 Å². The van der Waals surface area contributed by atoms with E-state index >= 15 is 0 Å². The average Bonchev–Trinajstić information content (AvgIpc) is 2.80. The highest BCUT2D eigenvalue weighted by Crippen LogP contribution is 2.18. The van der Waals surface area contributed by atoms with Crippen LogP contribution in [0.5, 0.6) is 5.75 Å². The molecule has 1 heterocycles. The molecule has 2 aromatic rings. The number of benzene rings is 1. The van der Waals surface area contributed by atoms with Gasteiger partial charge in [-0.05, 0) is 50.3 Å². The van der Waals surface area contributed by atoms with Crippen LogP contribution in [0.3, 0.4) is 0 Å². The summed E-state index contributed by atoms with van der Waals surface area (Å²) in [4.78, 5) is 12.1. The fourth-order valence-corrected chi connectivity index (χ4v) is 2.34. The van der Waals surface area contributed by atoms with Crippen molar-refractivity contribution in [2.45, 2.75) is 13.8 Å². The Hall–Kier alpha value is -2.61. The van der Waals surface area contributed by atoms with Crippen molar-refractivity contribution in [2.24, 2.45) is 7.05 Å². The average molecular weight is 347 g/mol. The number of hydrogen-bond donors (Lipinski definition) is 3. The number of nitrogens with zero attached hydrogens (tertiary/aromatic N) is 2. The van der Waals surface area contributed by atoms with Crippen LogP contribution < -0.4 is 20.7 Å². The second-order valence-electron chi connectivity index (χ2n) is 5.25. The van der Waals surface area contributed by atoms with Crippen molar-refractivity contribution >= 4 is 34.6 Å². The molecule has 8 heteroatoms. The molecule has 0 unspecified atom stereocenters. The minimum absolute atomic E-state index is 0.0652. The van der Waals surface area contributed by atoms with E-state index in [1.54, 1.807) is 11.8 Å². The van der Waals surface area contributed by atoms with Gasteiger partial charge >= 0.3 is 0 Å². The molecular formula is C16H21N5O2S. The zero-order chi connectivity index (χ0) is 17.7. The molecule has 0 radical (unpaired) electrons. The molecule has 0 aliphatic rings. The predicted molar refractivity (Wildman–Crippen MR) is 98.5 cm³/mol. The maximum absolute atomic E-state index is 12.1. The topological polar surface area (TPSA) is 80.2 Å². The van der Waals surface area contributed by atoms with Crippen molar-refractivity contribution in [3.63, 3.8) is 0 Å². The number of ether oxygens (including phenoxy) is 1. The van der Waals surface area contributed by atoms with Crippen LogP contribution in [0.1, 0.15) is 11.4 Å². The second-order valence-corrected chi connectivity index (χ2v) is 5.66. The van der Waals surface area contributed by atoms with Gasteiger partial charge in [0.15, 0.2) is 5.11 Å². The highest BCUT2D eigenvalue weighted by molar-refractivity contribution is 7.80. The first-order chi connectivity index (χ1) is 11.4. The van der Waals surface area contributed by atoms with Crippen LogP contribution in [-0.2, 0) is 11.8 Å². The van der Waals surface area contributed by atoms with Crippen molar-refractivity contribution in [2.75, 3.05) is 24.3 Å². The van der Waals surface area contributed by atoms with Gasteiger partial charge < -0.3 is 20.7 Å². The third-order valence-corrected chi connectivity index (χ3v) is 3.78. The van der Waals surface area contributed by atoms with Gasteiger partial charge in [0.05, 0.1) is 30.7 Å². The van der Waals surface area contributed by atoms with Gasteiger partial charge in [0.1, 0.15) is 5.75 Å². The van der Waals surface area contributed by atoms with Crippen LogP contribution in [-0.4, -0.2) is 34.5 Å². The van der Waals surface area contributed by atoms with Crippen molar-refractivity contribution in [1.29, 1.82) is 0 Å². The minimum Gasteiger partial charge on any atom is -0.497 e. The Morgan fingerprint density at radius 2 is 1.92 bits per heavy atom. The first-order valence-electron chi connectivity index (χ1n) is 7.39. The molecule has 2 rings (SSSR count). The number of amides is 1. The molecule has 0 aliphatic carbocycles. The summed E-state index contributed by atoms with van der Waals surface area (Å²) in [5, 5.41) is 13.4. The number of rotatable bonds is 5. The van der Waals surface area contributed by atoms with Crippen LogP contribution >= 0.6 is 12.2 Å². The molecule has 1 aromatic heterocycles. The number of hydrogen-bond acceptors (Lipinski definition) is 4. The monoisotopic (exact) mass is 347 g/mol. The van der Waals surface area contributed by atoms with E-state index in [2.05, 4.69) is 21.0 Å². The Labute approximate surface area is 146 Å². The number of anilines is 2. The zero-order valence-corrected chi connectivity index (χ0v) is 15.0. The Kier molecular flexibility index (Phi) is 5.75. The van der Waals surface area contributed by atoms with Crippen molar-refractivity contribution in [1.82, 2.24) is 15.1 Å². The van der Waals surface area contributed by atoms with E-state index in [0.717, 1.165) is 28.5 Å². The first-order valence-corrected chi connectivity index (χ1v) is 7.80. The summed E-state index contributed by atoms with van der Waals surface area (Å²) in [7, 11) is 3.45. The lowest BCUT2D eigenvalue weighted by Crippen LogP contribution is -2.35. The van der Waals surface area contributed by atoms with E-state index < -0.39 is 0 Å². The molecule has 3 N–H and O–H groups in total. The largest absolute Gasteiger partial charge is 0.497 e. The molecule has 24 heavy (non-hydrogen) atoms. The summed E-state index contributed by atoms with van der Waals surface area (Å²) in [6, 6.07) is 7.34. The first kappa shape index (κ1) is 17.7. The Balaban J connectivity index is 1.83. The fourth-order valence-electron chi connectivity index (χ4n) is 2.15. The normalized spacial score (nSPS) is 10.2. The molecule has 0 spiro atoms. The highest BCUT2D eigenvalue weighted by Gasteiger charge is 2.12. The van der Waals surface area contributed by atoms with Crippen LogP contribution in [0.15, 0.2) is 24.3 Å². The molecule has 1 amide bonds.